The molecule has 0 spiro atoms. The molecule has 0 unspecified atom stereocenters. The topological polar surface area (TPSA) is 86.4 Å². The molecular formula is C17H15N3O4. The van der Waals surface area contributed by atoms with Crippen LogP contribution in [0.3, 0.4) is 0 Å². The first-order valence-corrected chi connectivity index (χ1v) is 7.63. The van der Waals surface area contributed by atoms with Gasteiger partial charge < -0.3 is 19.0 Å². The summed E-state index contributed by atoms with van der Waals surface area (Å²) in [5, 5.41) is 2.88. The molecule has 0 fully saturated rings. The van der Waals surface area contributed by atoms with Crippen molar-refractivity contribution in [3.05, 3.63) is 41.7 Å². The summed E-state index contributed by atoms with van der Waals surface area (Å²) < 4.78 is 12.7. The molecular weight excluding hydrogens is 310 g/mol. The third-order valence-electron chi connectivity index (χ3n) is 3.93. The SMILES string of the molecule is CC(=O)OCc1ccc(-c2nc3cccc4c3n2CCNC4=O)o1. The fraction of sp³-hybridized carbons (Fsp3) is 0.235. The minimum Gasteiger partial charge on any atom is -0.458 e. The zero-order valence-electron chi connectivity index (χ0n) is 13.0. The number of rotatable bonds is 3. The van der Waals surface area contributed by atoms with Crippen molar-refractivity contribution in [2.45, 2.75) is 20.1 Å². The number of hydrogen-bond acceptors (Lipinski definition) is 5. The quantitative estimate of drug-likeness (QED) is 0.745. The fourth-order valence-corrected chi connectivity index (χ4v) is 2.90. The number of amides is 1. The van der Waals surface area contributed by atoms with Crippen LogP contribution in [0.25, 0.3) is 22.6 Å². The Balaban J connectivity index is 1.80. The lowest BCUT2D eigenvalue weighted by Gasteiger charge is -2.05. The van der Waals surface area contributed by atoms with Gasteiger partial charge in [0.1, 0.15) is 12.4 Å². The number of carbonyl (C=O) groups excluding carboxylic acids is 2. The Hall–Kier alpha value is -3.09. The highest BCUT2D eigenvalue weighted by molar-refractivity contribution is 6.06. The van der Waals surface area contributed by atoms with Crippen LogP contribution < -0.4 is 5.32 Å². The highest BCUT2D eigenvalue weighted by atomic mass is 16.5. The maximum absolute atomic E-state index is 12.2. The van der Waals surface area contributed by atoms with Crippen LogP contribution in [-0.2, 0) is 22.7 Å². The van der Waals surface area contributed by atoms with Crippen molar-refractivity contribution in [1.82, 2.24) is 14.9 Å². The predicted octanol–water partition coefficient (Wildman–Crippen LogP) is 2.10. The lowest BCUT2D eigenvalue weighted by atomic mass is 10.2. The van der Waals surface area contributed by atoms with Gasteiger partial charge in [-0.25, -0.2) is 4.98 Å². The Morgan fingerprint density at radius 1 is 1.38 bits per heavy atom. The average molecular weight is 325 g/mol. The summed E-state index contributed by atoms with van der Waals surface area (Å²) >= 11 is 0. The lowest BCUT2D eigenvalue weighted by molar-refractivity contribution is -0.142. The number of imidazole rings is 1. The Labute approximate surface area is 137 Å². The number of aromatic nitrogens is 2. The Morgan fingerprint density at radius 2 is 2.25 bits per heavy atom. The molecule has 0 bridgehead atoms. The second kappa shape index (κ2) is 5.52. The molecule has 1 aromatic carbocycles. The minimum atomic E-state index is -0.361. The summed E-state index contributed by atoms with van der Waals surface area (Å²) in [6.45, 7) is 2.56. The second-order valence-electron chi connectivity index (χ2n) is 5.56. The third-order valence-corrected chi connectivity index (χ3v) is 3.93. The van der Waals surface area contributed by atoms with Crippen LogP contribution in [0.1, 0.15) is 23.0 Å². The first-order chi connectivity index (χ1) is 11.6. The molecule has 122 valence electrons. The number of ether oxygens (including phenoxy) is 1. The zero-order chi connectivity index (χ0) is 16.7. The summed E-state index contributed by atoms with van der Waals surface area (Å²) in [4.78, 5) is 27.7. The van der Waals surface area contributed by atoms with Gasteiger partial charge in [-0.15, -0.1) is 0 Å². The fourth-order valence-electron chi connectivity index (χ4n) is 2.90. The molecule has 1 N–H and O–H groups in total. The van der Waals surface area contributed by atoms with E-state index in [1.807, 2.05) is 16.7 Å². The van der Waals surface area contributed by atoms with Gasteiger partial charge in [0.05, 0.1) is 16.6 Å². The van der Waals surface area contributed by atoms with Crippen molar-refractivity contribution in [3.8, 4) is 11.6 Å². The smallest absolute Gasteiger partial charge is 0.303 e. The summed E-state index contributed by atoms with van der Waals surface area (Å²) in [5.74, 6) is 1.32. The van der Waals surface area contributed by atoms with E-state index in [0.29, 0.717) is 36.0 Å². The van der Waals surface area contributed by atoms with Gasteiger partial charge in [0.15, 0.2) is 11.6 Å². The van der Waals surface area contributed by atoms with Crippen LogP contribution in [0.4, 0.5) is 0 Å². The van der Waals surface area contributed by atoms with Crippen LogP contribution in [0.15, 0.2) is 34.7 Å². The molecule has 0 atom stereocenters. The molecule has 1 aliphatic rings. The third kappa shape index (κ3) is 2.34. The Kier molecular flexibility index (Phi) is 3.34. The number of esters is 1. The normalized spacial score (nSPS) is 13.6. The van der Waals surface area contributed by atoms with E-state index in [-0.39, 0.29) is 18.5 Å². The van der Waals surface area contributed by atoms with Crippen molar-refractivity contribution in [1.29, 1.82) is 0 Å². The molecule has 3 heterocycles. The molecule has 7 heteroatoms. The molecule has 7 nitrogen and oxygen atoms in total. The molecule has 0 aliphatic carbocycles. The maximum Gasteiger partial charge on any atom is 0.303 e. The largest absolute Gasteiger partial charge is 0.458 e. The minimum absolute atomic E-state index is 0.0842. The number of nitrogens with one attached hydrogen (secondary N) is 1. The number of nitrogens with zero attached hydrogens (tertiary/aromatic N) is 2. The van der Waals surface area contributed by atoms with Crippen molar-refractivity contribution in [2.24, 2.45) is 0 Å². The van der Waals surface area contributed by atoms with Gasteiger partial charge in [-0.05, 0) is 24.3 Å². The summed E-state index contributed by atoms with van der Waals surface area (Å²) in [7, 11) is 0. The summed E-state index contributed by atoms with van der Waals surface area (Å²) in [6, 6.07) is 9.03. The number of benzene rings is 1. The van der Waals surface area contributed by atoms with Gasteiger partial charge in [0.2, 0.25) is 0 Å². The van der Waals surface area contributed by atoms with E-state index in [1.165, 1.54) is 6.92 Å². The van der Waals surface area contributed by atoms with Gasteiger partial charge in [-0.3, -0.25) is 9.59 Å². The van der Waals surface area contributed by atoms with Crippen molar-refractivity contribution in [2.75, 3.05) is 6.54 Å². The molecule has 2 aromatic heterocycles. The number of hydrogen-bond donors (Lipinski definition) is 1. The highest BCUT2D eigenvalue weighted by Crippen LogP contribution is 2.29. The monoisotopic (exact) mass is 325 g/mol. The van der Waals surface area contributed by atoms with Crippen LogP contribution in [0.2, 0.25) is 0 Å². The summed E-state index contributed by atoms with van der Waals surface area (Å²) in [5.41, 5.74) is 2.16. The second-order valence-corrected chi connectivity index (χ2v) is 5.56. The zero-order valence-corrected chi connectivity index (χ0v) is 13.0. The molecule has 1 amide bonds. The van der Waals surface area contributed by atoms with Crippen LogP contribution in [-0.4, -0.2) is 28.0 Å². The number of carbonyl (C=O) groups is 2. The highest BCUT2D eigenvalue weighted by Gasteiger charge is 2.23. The molecule has 24 heavy (non-hydrogen) atoms. The predicted molar refractivity (Wildman–Crippen MR) is 85.2 cm³/mol. The Morgan fingerprint density at radius 3 is 3.08 bits per heavy atom. The molecule has 1 aliphatic heterocycles. The molecule has 0 saturated carbocycles. The van der Waals surface area contributed by atoms with Gasteiger partial charge in [-0.2, -0.15) is 0 Å². The van der Waals surface area contributed by atoms with Gasteiger partial charge >= 0.3 is 5.97 Å². The van der Waals surface area contributed by atoms with E-state index >= 15 is 0 Å². The van der Waals surface area contributed by atoms with E-state index in [9.17, 15) is 9.59 Å². The molecule has 3 aromatic rings. The first-order valence-electron chi connectivity index (χ1n) is 7.63. The first kappa shape index (κ1) is 14.5. The van der Waals surface area contributed by atoms with Gasteiger partial charge in [0.25, 0.3) is 5.91 Å². The molecule has 4 rings (SSSR count). The van der Waals surface area contributed by atoms with Crippen LogP contribution in [0.5, 0.6) is 0 Å². The Bertz CT molecular complexity index is 954. The number of furan rings is 1. The summed E-state index contributed by atoms with van der Waals surface area (Å²) in [6.07, 6.45) is 0. The molecule has 0 saturated heterocycles. The maximum atomic E-state index is 12.2. The van der Waals surface area contributed by atoms with Crippen molar-refractivity contribution < 1.29 is 18.7 Å². The van der Waals surface area contributed by atoms with E-state index < -0.39 is 0 Å². The molecule has 0 radical (unpaired) electrons. The van der Waals surface area contributed by atoms with Gasteiger partial charge in [0, 0.05) is 20.0 Å². The van der Waals surface area contributed by atoms with E-state index in [4.69, 9.17) is 9.15 Å². The number of para-hydroxylation sites is 1. The van der Waals surface area contributed by atoms with Crippen molar-refractivity contribution in [3.63, 3.8) is 0 Å². The van der Waals surface area contributed by atoms with Gasteiger partial charge in [-0.1, -0.05) is 6.07 Å². The van der Waals surface area contributed by atoms with Crippen LogP contribution in [0, 0.1) is 0 Å². The van der Waals surface area contributed by atoms with E-state index in [1.54, 1.807) is 18.2 Å². The van der Waals surface area contributed by atoms with E-state index in [0.717, 1.165) is 11.0 Å². The van der Waals surface area contributed by atoms with Crippen LogP contribution >= 0.6 is 0 Å². The average Bonchev–Trinajstić information content (AvgIpc) is 3.12. The van der Waals surface area contributed by atoms with E-state index in [2.05, 4.69) is 10.3 Å². The standard InChI is InChI=1S/C17H15N3O4/c1-10(21)23-9-11-5-6-14(24-11)16-19-13-4-2-3-12-15(13)20(16)8-7-18-17(12)22/h2-6H,7-9H2,1H3,(H,18,22). The van der Waals surface area contributed by atoms with Crippen molar-refractivity contribution >= 4 is 22.9 Å². The lowest BCUT2D eigenvalue weighted by Crippen LogP contribution is -2.24.